The second kappa shape index (κ2) is 9.37. The second-order valence-electron chi connectivity index (χ2n) is 7.81. The van der Waals surface area contributed by atoms with Gasteiger partial charge in [-0.3, -0.25) is 4.79 Å². The Bertz CT molecular complexity index is 1470. The van der Waals surface area contributed by atoms with Crippen LogP contribution < -0.4 is 10.1 Å². The van der Waals surface area contributed by atoms with E-state index in [9.17, 15) is 9.59 Å². The van der Waals surface area contributed by atoms with E-state index in [-0.39, 0.29) is 5.91 Å². The molecule has 5 nitrogen and oxygen atoms in total. The van der Waals surface area contributed by atoms with Gasteiger partial charge in [0, 0.05) is 0 Å². The second-order valence-corrected chi connectivity index (χ2v) is 8.84. The Kier molecular flexibility index (Phi) is 5.97. The lowest BCUT2D eigenvalue weighted by molar-refractivity contribution is -0.115. The highest BCUT2D eigenvalue weighted by atomic mass is 32.2. The highest BCUT2D eigenvalue weighted by Crippen LogP contribution is 2.29. The molecular weight excluding hydrogens is 444 g/mol. The highest BCUT2D eigenvalue weighted by molar-refractivity contribution is 8.18. The Hall–Kier alpha value is -4.16. The minimum Gasteiger partial charge on any atom is -0.423 e. The minimum absolute atomic E-state index is 0.214. The molecule has 1 heterocycles. The zero-order chi connectivity index (χ0) is 23.5. The third-order valence-corrected chi connectivity index (χ3v) is 6.20. The summed E-state index contributed by atoms with van der Waals surface area (Å²) in [6.07, 6.45) is 1.76. The maximum atomic E-state index is 12.9. The van der Waals surface area contributed by atoms with Crippen LogP contribution in [0.2, 0.25) is 0 Å². The zero-order valence-corrected chi connectivity index (χ0v) is 19.1. The maximum absolute atomic E-state index is 12.9. The van der Waals surface area contributed by atoms with Crippen LogP contribution in [0.1, 0.15) is 21.5 Å². The van der Waals surface area contributed by atoms with Crippen LogP contribution in [0.15, 0.2) is 101 Å². The van der Waals surface area contributed by atoms with Gasteiger partial charge in [-0.2, -0.15) is 0 Å². The van der Waals surface area contributed by atoms with Crippen LogP contribution >= 0.6 is 11.8 Å². The van der Waals surface area contributed by atoms with Gasteiger partial charge in [0.1, 0.15) is 5.75 Å². The molecule has 1 N–H and O–H groups in total. The molecule has 0 saturated carbocycles. The fourth-order valence-corrected chi connectivity index (χ4v) is 4.44. The van der Waals surface area contributed by atoms with Crippen molar-refractivity contribution in [3.05, 3.63) is 113 Å². The number of nitrogens with zero attached hydrogens (tertiary/aromatic N) is 1. The number of nitrogens with one attached hydrogen (secondary N) is 1. The van der Waals surface area contributed by atoms with E-state index in [1.54, 1.807) is 30.3 Å². The Morgan fingerprint density at radius 3 is 2.56 bits per heavy atom. The maximum Gasteiger partial charge on any atom is 0.344 e. The van der Waals surface area contributed by atoms with E-state index in [0.717, 1.165) is 27.6 Å². The van der Waals surface area contributed by atoms with Gasteiger partial charge in [-0.15, -0.1) is 0 Å². The van der Waals surface area contributed by atoms with E-state index in [4.69, 9.17) is 4.74 Å². The molecule has 4 aromatic carbocycles. The number of aliphatic imine (C=N–C) groups is 1. The van der Waals surface area contributed by atoms with Crippen molar-refractivity contribution < 1.29 is 14.3 Å². The van der Waals surface area contributed by atoms with Crippen LogP contribution in [0.4, 0.5) is 5.69 Å². The Morgan fingerprint density at radius 1 is 0.941 bits per heavy atom. The number of hydrogen-bond donors (Lipinski definition) is 1. The van der Waals surface area contributed by atoms with Gasteiger partial charge < -0.3 is 10.1 Å². The molecule has 34 heavy (non-hydrogen) atoms. The van der Waals surface area contributed by atoms with Gasteiger partial charge in [0.25, 0.3) is 5.91 Å². The van der Waals surface area contributed by atoms with Crippen LogP contribution in [-0.4, -0.2) is 17.0 Å². The number of amides is 1. The quantitative estimate of drug-likeness (QED) is 0.220. The van der Waals surface area contributed by atoms with Gasteiger partial charge >= 0.3 is 5.97 Å². The number of esters is 1. The van der Waals surface area contributed by atoms with Gasteiger partial charge in [0.2, 0.25) is 0 Å². The minimum atomic E-state index is -0.429. The fraction of sp³-hybridized carbons (Fsp3) is 0.0357. The van der Waals surface area contributed by atoms with Crippen molar-refractivity contribution in [3.63, 3.8) is 0 Å². The van der Waals surface area contributed by atoms with Crippen molar-refractivity contribution in [2.75, 3.05) is 0 Å². The van der Waals surface area contributed by atoms with E-state index < -0.39 is 5.97 Å². The van der Waals surface area contributed by atoms with Gasteiger partial charge in [0.15, 0.2) is 5.17 Å². The molecule has 0 atom stereocenters. The fourth-order valence-electron chi connectivity index (χ4n) is 3.60. The smallest absolute Gasteiger partial charge is 0.344 e. The van der Waals surface area contributed by atoms with Crippen molar-refractivity contribution in [2.45, 2.75) is 6.92 Å². The summed E-state index contributed by atoms with van der Waals surface area (Å²) in [5.41, 5.74) is 3.17. The number of amidine groups is 1. The Morgan fingerprint density at radius 2 is 1.71 bits per heavy atom. The number of hydrogen-bond acceptors (Lipinski definition) is 5. The summed E-state index contributed by atoms with van der Waals surface area (Å²) in [5.74, 6) is -0.236. The van der Waals surface area contributed by atoms with Crippen molar-refractivity contribution in [1.82, 2.24) is 5.32 Å². The van der Waals surface area contributed by atoms with E-state index in [1.807, 2.05) is 73.7 Å². The average Bonchev–Trinajstić information content (AvgIpc) is 3.18. The molecule has 0 bridgehead atoms. The largest absolute Gasteiger partial charge is 0.423 e. The van der Waals surface area contributed by atoms with E-state index in [0.29, 0.717) is 21.4 Å². The molecular formula is C28H20N2O3S. The Labute approximate surface area is 201 Å². The number of fused-ring (bicyclic) bond motifs is 1. The molecule has 166 valence electrons. The van der Waals surface area contributed by atoms with E-state index in [1.165, 1.54) is 11.8 Å². The number of benzene rings is 4. The zero-order valence-electron chi connectivity index (χ0n) is 18.3. The molecule has 1 aliphatic heterocycles. The normalized spacial score (nSPS) is 15.6. The van der Waals surface area contributed by atoms with Gasteiger partial charge in [-0.25, -0.2) is 9.79 Å². The topological polar surface area (TPSA) is 67.8 Å². The van der Waals surface area contributed by atoms with Crippen LogP contribution in [-0.2, 0) is 4.79 Å². The van der Waals surface area contributed by atoms with Crippen molar-refractivity contribution in [1.29, 1.82) is 0 Å². The summed E-state index contributed by atoms with van der Waals surface area (Å²) in [6, 6.07) is 28.1. The Balaban J connectivity index is 1.34. The predicted octanol–water partition coefficient (Wildman–Crippen LogP) is 6.26. The monoisotopic (exact) mass is 464 g/mol. The molecule has 1 fully saturated rings. The summed E-state index contributed by atoms with van der Waals surface area (Å²) in [4.78, 5) is 30.3. The lowest BCUT2D eigenvalue weighted by Crippen LogP contribution is -2.19. The van der Waals surface area contributed by atoms with Crippen molar-refractivity contribution in [2.24, 2.45) is 4.99 Å². The van der Waals surface area contributed by atoms with Crippen LogP contribution in [0.25, 0.3) is 16.8 Å². The molecule has 5 rings (SSSR count). The number of carbonyl (C=O) groups is 2. The first-order chi connectivity index (χ1) is 16.5. The molecule has 1 saturated heterocycles. The van der Waals surface area contributed by atoms with Crippen molar-refractivity contribution >= 4 is 51.3 Å². The first kappa shape index (κ1) is 21.7. The number of carbonyl (C=O) groups excluding carboxylic acids is 2. The lowest BCUT2D eigenvalue weighted by Gasteiger charge is -2.08. The first-order valence-corrected chi connectivity index (χ1v) is 11.5. The molecule has 0 radical (unpaired) electrons. The molecule has 0 spiro atoms. The predicted molar refractivity (Wildman–Crippen MR) is 137 cm³/mol. The summed E-state index contributed by atoms with van der Waals surface area (Å²) in [5, 5.41) is 5.13. The number of ether oxygens (including phenoxy) is 1. The molecule has 0 aromatic heterocycles. The molecule has 0 unspecified atom stereocenters. The van der Waals surface area contributed by atoms with Crippen LogP contribution in [0, 0.1) is 6.92 Å². The van der Waals surface area contributed by atoms with Crippen LogP contribution in [0.3, 0.4) is 0 Å². The molecule has 6 heteroatoms. The summed E-state index contributed by atoms with van der Waals surface area (Å²) < 4.78 is 5.65. The van der Waals surface area contributed by atoms with E-state index in [2.05, 4.69) is 10.3 Å². The number of thioether (sulfide) groups is 1. The van der Waals surface area contributed by atoms with Gasteiger partial charge in [0.05, 0.1) is 16.2 Å². The van der Waals surface area contributed by atoms with E-state index >= 15 is 0 Å². The number of aryl methyl sites for hydroxylation is 1. The first-order valence-electron chi connectivity index (χ1n) is 10.7. The third-order valence-electron chi connectivity index (χ3n) is 5.29. The van der Waals surface area contributed by atoms with Crippen molar-refractivity contribution in [3.8, 4) is 5.75 Å². The van der Waals surface area contributed by atoms with Gasteiger partial charge in [-0.1, -0.05) is 66.2 Å². The average molecular weight is 465 g/mol. The SMILES string of the molecule is Cc1ccc(N=C2NC(=O)/C(=C/c3cccc(OC(=O)c4cccc5ccccc45)c3)S2)cc1. The summed E-state index contributed by atoms with van der Waals surface area (Å²) in [6.45, 7) is 2.01. The third kappa shape index (κ3) is 4.77. The number of rotatable bonds is 4. The summed E-state index contributed by atoms with van der Waals surface area (Å²) >= 11 is 1.27. The van der Waals surface area contributed by atoms with Crippen LogP contribution in [0.5, 0.6) is 5.75 Å². The lowest BCUT2D eigenvalue weighted by atomic mass is 10.0. The molecule has 1 aliphatic rings. The molecule has 1 amide bonds. The summed E-state index contributed by atoms with van der Waals surface area (Å²) in [7, 11) is 0. The van der Waals surface area contributed by atoms with Gasteiger partial charge in [-0.05, 0) is 71.4 Å². The highest BCUT2D eigenvalue weighted by Gasteiger charge is 2.24. The molecule has 0 aliphatic carbocycles. The molecule has 4 aromatic rings. The standard InChI is InChI=1S/C28H20N2O3S/c1-18-12-14-21(15-13-18)29-28-30-26(31)25(34-28)17-19-6-4-9-22(16-19)33-27(32)24-11-5-8-20-7-2-3-10-23(20)24/h2-17H,1H3,(H,29,30,31)/b25-17-.